The van der Waals surface area contributed by atoms with E-state index in [0.717, 1.165) is 5.52 Å². The number of hydrogen-bond donors (Lipinski definition) is 1. The maximum atomic E-state index is 11.5. The lowest BCUT2D eigenvalue weighted by Gasteiger charge is -2.25. The summed E-state index contributed by atoms with van der Waals surface area (Å²) in [6.07, 6.45) is 1.67. The van der Waals surface area contributed by atoms with E-state index in [4.69, 9.17) is 10.6 Å². The molecular weight excluding hydrogens is 272 g/mol. The molecule has 2 aromatic heterocycles. The van der Waals surface area contributed by atoms with Gasteiger partial charge in [-0.15, -0.1) is 5.10 Å². The van der Waals surface area contributed by atoms with Crippen molar-refractivity contribution in [1.82, 2.24) is 14.9 Å². The minimum atomic E-state index is -1.48. The average Bonchev–Trinajstić information content (AvgIpc) is 2.69. The average molecular weight is 292 g/mol. The number of fused-ring (bicyclic) bond motifs is 1. The number of pyridine rings is 1. The Hall–Kier alpha value is -1.89. The van der Waals surface area contributed by atoms with Crippen LogP contribution in [0.4, 0.5) is 0 Å². The Morgan fingerprint density at radius 3 is 2.65 bits per heavy atom. The summed E-state index contributed by atoms with van der Waals surface area (Å²) in [6.45, 7) is 10.5. The number of nitrogens with zero attached hydrogens (tertiary/aromatic N) is 3. The van der Waals surface area contributed by atoms with Crippen LogP contribution in [-0.2, 0) is 0 Å². The molecule has 0 fully saturated rings. The molecule has 0 bridgehead atoms. The molecule has 2 heterocycles. The zero-order chi connectivity index (χ0) is 15.1. The maximum absolute atomic E-state index is 11.5. The Balaban J connectivity index is 2.55. The summed E-state index contributed by atoms with van der Waals surface area (Å²) in [5, 5.41) is 4.86. The molecule has 1 atom stereocenters. The Morgan fingerprint density at radius 1 is 1.45 bits per heavy atom. The van der Waals surface area contributed by atoms with Crippen molar-refractivity contribution in [3.63, 3.8) is 0 Å². The van der Waals surface area contributed by atoms with Crippen LogP contribution in [0.5, 0.6) is 0 Å². The lowest BCUT2D eigenvalue weighted by Crippen LogP contribution is -2.43. The molecule has 0 spiro atoms. The van der Waals surface area contributed by atoms with Crippen LogP contribution in [0, 0.1) is 6.92 Å². The van der Waals surface area contributed by atoms with Crippen molar-refractivity contribution in [3.05, 3.63) is 23.7 Å². The summed E-state index contributed by atoms with van der Waals surface area (Å²) in [4.78, 5) is 23.0. The lowest BCUT2D eigenvalue weighted by molar-refractivity contribution is 0.0700. The summed E-state index contributed by atoms with van der Waals surface area (Å²) in [5.74, 6) is -0.575. The SMILES string of the molecule is Cc1nccc2c1c(C(N)=O)nn2OC(C)[Si](C)(C)C. The van der Waals surface area contributed by atoms with Crippen LogP contribution < -0.4 is 10.6 Å². The van der Waals surface area contributed by atoms with Crippen molar-refractivity contribution in [1.29, 1.82) is 0 Å². The number of aromatic nitrogens is 3. The second-order valence-corrected chi connectivity index (χ2v) is 11.5. The number of carbonyl (C=O) groups is 1. The van der Waals surface area contributed by atoms with Gasteiger partial charge in [-0.25, -0.2) is 0 Å². The van der Waals surface area contributed by atoms with E-state index < -0.39 is 14.0 Å². The fraction of sp³-hybridized carbons (Fsp3) is 0.462. The van der Waals surface area contributed by atoms with E-state index in [1.165, 1.54) is 4.85 Å². The number of primary amides is 1. The highest BCUT2D eigenvalue weighted by Crippen LogP contribution is 2.21. The summed E-state index contributed by atoms with van der Waals surface area (Å²) in [7, 11) is -1.48. The van der Waals surface area contributed by atoms with E-state index in [1.54, 1.807) is 12.3 Å². The van der Waals surface area contributed by atoms with Crippen LogP contribution in [0.15, 0.2) is 12.3 Å². The Bertz CT molecular complexity index is 660. The molecule has 1 amide bonds. The Kier molecular flexibility index (Phi) is 3.55. The second-order valence-electron chi connectivity index (χ2n) is 5.99. The summed E-state index contributed by atoms with van der Waals surface area (Å²) >= 11 is 0. The topological polar surface area (TPSA) is 83.0 Å². The van der Waals surface area contributed by atoms with Gasteiger partial charge in [0.1, 0.15) is 11.2 Å². The first-order chi connectivity index (χ1) is 9.21. The van der Waals surface area contributed by atoms with Crippen LogP contribution in [0.2, 0.25) is 19.6 Å². The third-order valence-corrected chi connectivity index (χ3v) is 6.01. The molecular formula is C13H20N4O2Si. The number of rotatable bonds is 4. The number of carbonyl (C=O) groups excluding carboxylic acids is 1. The molecule has 0 radical (unpaired) electrons. The van der Waals surface area contributed by atoms with E-state index in [9.17, 15) is 4.79 Å². The minimum absolute atomic E-state index is 0.0554. The number of hydrogen-bond acceptors (Lipinski definition) is 4. The van der Waals surface area contributed by atoms with Gasteiger partial charge < -0.3 is 10.6 Å². The Morgan fingerprint density at radius 2 is 2.10 bits per heavy atom. The van der Waals surface area contributed by atoms with Crippen molar-refractivity contribution in [2.45, 2.75) is 39.2 Å². The van der Waals surface area contributed by atoms with Gasteiger partial charge in [-0.1, -0.05) is 24.5 Å². The van der Waals surface area contributed by atoms with Crippen molar-refractivity contribution >= 4 is 24.9 Å². The largest absolute Gasteiger partial charge is 0.397 e. The molecule has 20 heavy (non-hydrogen) atoms. The van der Waals surface area contributed by atoms with Gasteiger partial charge in [-0.3, -0.25) is 9.78 Å². The minimum Gasteiger partial charge on any atom is -0.397 e. The standard InChI is InChI=1S/C13H20N4O2Si/c1-8-11-10(6-7-15-8)17(16-12(11)13(14)18)19-9(2)20(3,4)5/h6-7,9H,1-5H3,(H2,14,18). The fourth-order valence-corrected chi connectivity index (χ4v) is 2.18. The Labute approximate surface area is 118 Å². The van der Waals surface area contributed by atoms with Crippen molar-refractivity contribution in [2.75, 3.05) is 0 Å². The van der Waals surface area contributed by atoms with Gasteiger partial charge >= 0.3 is 0 Å². The lowest BCUT2D eigenvalue weighted by atomic mass is 10.2. The number of nitrogens with two attached hydrogens (primary N) is 1. The maximum Gasteiger partial charge on any atom is 0.270 e. The predicted octanol–water partition coefficient (Wildman–Crippen LogP) is 1.53. The zero-order valence-electron chi connectivity index (χ0n) is 12.5. The van der Waals surface area contributed by atoms with E-state index in [1.807, 2.05) is 13.8 Å². The summed E-state index contributed by atoms with van der Waals surface area (Å²) in [6, 6.07) is 1.78. The summed E-state index contributed by atoms with van der Waals surface area (Å²) in [5.41, 5.74) is 7.08. The molecule has 6 nitrogen and oxygen atoms in total. The predicted molar refractivity (Wildman–Crippen MR) is 80.2 cm³/mol. The van der Waals surface area contributed by atoms with Crippen molar-refractivity contribution in [2.24, 2.45) is 5.73 Å². The molecule has 2 N–H and O–H groups in total. The molecule has 0 aliphatic rings. The number of aryl methyl sites for hydroxylation is 1. The molecule has 7 heteroatoms. The molecule has 0 aliphatic heterocycles. The molecule has 1 unspecified atom stereocenters. The molecule has 0 saturated carbocycles. The third kappa shape index (κ3) is 2.53. The highest BCUT2D eigenvalue weighted by Gasteiger charge is 2.27. The fourth-order valence-electron chi connectivity index (χ4n) is 1.76. The summed E-state index contributed by atoms with van der Waals surface area (Å²) < 4.78 is 0. The first-order valence-corrected chi connectivity index (χ1v) is 10.1. The van der Waals surface area contributed by atoms with Gasteiger partial charge in [0.25, 0.3) is 5.91 Å². The molecule has 0 aromatic carbocycles. The quantitative estimate of drug-likeness (QED) is 0.866. The van der Waals surface area contributed by atoms with Crippen molar-refractivity contribution in [3.8, 4) is 0 Å². The van der Waals surface area contributed by atoms with Crippen LogP contribution in [0.3, 0.4) is 0 Å². The monoisotopic (exact) mass is 292 g/mol. The van der Waals surface area contributed by atoms with Gasteiger partial charge in [0.2, 0.25) is 0 Å². The van der Waals surface area contributed by atoms with Crippen LogP contribution in [0.25, 0.3) is 10.9 Å². The van der Waals surface area contributed by atoms with Crippen LogP contribution in [-0.4, -0.2) is 34.6 Å². The normalized spacial score (nSPS) is 13.4. The molecule has 2 aromatic rings. The smallest absolute Gasteiger partial charge is 0.270 e. The third-order valence-electron chi connectivity index (χ3n) is 3.46. The van der Waals surface area contributed by atoms with E-state index in [0.29, 0.717) is 11.1 Å². The first kappa shape index (κ1) is 14.5. The number of amides is 1. The van der Waals surface area contributed by atoms with E-state index in [-0.39, 0.29) is 11.4 Å². The van der Waals surface area contributed by atoms with Crippen LogP contribution in [0.1, 0.15) is 23.1 Å². The second kappa shape index (κ2) is 4.90. The highest BCUT2D eigenvalue weighted by molar-refractivity contribution is 6.77. The van der Waals surface area contributed by atoms with E-state index in [2.05, 4.69) is 29.7 Å². The molecule has 0 saturated heterocycles. The van der Waals surface area contributed by atoms with Gasteiger partial charge in [-0.05, 0) is 19.9 Å². The van der Waals surface area contributed by atoms with Crippen LogP contribution >= 0.6 is 0 Å². The first-order valence-electron chi connectivity index (χ1n) is 6.53. The molecule has 108 valence electrons. The van der Waals surface area contributed by atoms with Gasteiger partial charge in [0.05, 0.1) is 13.5 Å². The molecule has 2 rings (SSSR count). The van der Waals surface area contributed by atoms with Gasteiger partial charge in [0, 0.05) is 11.9 Å². The van der Waals surface area contributed by atoms with Crippen molar-refractivity contribution < 1.29 is 9.63 Å². The van der Waals surface area contributed by atoms with Gasteiger partial charge in [0.15, 0.2) is 5.69 Å². The van der Waals surface area contributed by atoms with E-state index >= 15 is 0 Å². The van der Waals surface area contributed by atoms with Gasteiger partial charge in [-0.2, -0.15) is 0 Å². The zero-order valence-corrected chi connectivity index (χ0v) is 13.5. The molecule has 0 aliphatic carbocycles. The highest BCUT2D eigenvalue weighted by atomic mass is 28.3.